The van der Waals surface area contributed by atoms with E-state index in [2.05, 4.69) is 10.6 Å². The van der Waals surface area contributed by atoms with Crippen LogP contribution in [-0.2, 0) is 32.1 Å². The standard InChI is InChI=1S/C28H32N4O4/c1-18(28(36)31-17-21-12-7-11-20-10-5-6-13-22(20)21)26(27(30)35)23(16-24(29)33)32-25(34)15-14-19-8-3-2-4-9-19/h2-13,18,23,26H,14-17H2,1H3,(H2,29,33)(H2,30,35)(H,31,36)(H,32,34)/t18-,23?,26?/m0/s1. The van der Waals surface area contributed by atoms with Crippen molar-refractivity contribution in [3.8, 4) is 0 Å². The second-order valence-electron chi connectivity index (χ2n) is 8.90. The number of aryl methyl sites for hydroxylation is 1. The molecule has 36 heavy (non-hydrogen) atoms. The molecule has 188 valence electrons. The number of carbonyl (C=O) groups excluding carboxylic acids is 4. The predicted molar refractivity (Wildman–Crippen MR) is 138 cm³/mol. The maximum Gasteiger partial charge on any atom is 0.223 e. The van der Waals surface area contributed by atoms with Gasteiger partial charge in [0.15, 0.2) is 0 Å². The highest BCUT2D eigenvalue weighted by atomic mass is 16.2. The van der Waals surface area contributed by atoms with Gasteiger partial charge in [-0.25, -0.2) is 0 Å². The maximum absolute atomic E-state index is 13.0. The summed E-state index contributed by atoms with van der Waals surface area (Å²) < 4.78 is 0. The average molecular weight is 489 g/mol. The van der Waals surface area contributed by atoms with E-state index >= 15 is 0 Å². The fraction of sp³-hybridized carbons (Fsp3) is 0.286. The van der Waals surface area contributed by atoms with Crippen molar-refractivity contribution in [2.45, 2.75) is 38.8 Å². The monoisotopic (exact) mass is 488 g/mol. The summed E-state index contributed by atoms with van der Waals surface area (Å²) in [6, 6.07) is 22.1. The lowest BCUT2D eigenvalue weighted by Gasteiger charge is -2.29. The summed E-state index contributed by atoms with van der Waals surface area (Å²) in [7, 11) is 0. The molecule has 0 saturated heterocycles. The molecular formula is C28H32N4O4. The van der Waals surface area contributed by atoms with Gasteiger partial charge in [0.2, 0.25) is 23.6 Å². The Morgan fingerprint density at radius 3 is 2.22 bits per heavy atom. The number of primary amides is 2. The molecule has 0 aliphatic carbocycles. The van der Waals surface area contributed by atoms with Gasteiger partial charge < -0.3 is 22.1 Å². The van der Waals surface area contributed by atoms with Crippen molar-refractivity contribution in [3.05, 3.63) is 83.9 Å². The fourth-order valence-corrected chi connectivity index (χ4v) is 4.41. The van der Waals surface area contributed by atoms with E-state index in [1.165, 1.54) is 0 Å². The van der Waals surface area contributed by atoms with Crippen LogP contribution in [0, 0.1) is 11.8 Å². The molecule has 8 nitrogen and oxygen atoms in total. The smallest absolute Gasteiger partial charge is 0.223 e. The van der Waals surface area contributed by atoms with E-state index in [1.807, 2.05) is 72.8 Å². The minimum absolute atomic E-state index is 0.145. The Morgan fingerprint density at radius 2 is 1.53 bits per heavy atom. The van der Waals surface area contributed by atoms with Crippen LogP contribution in [0.25, 0.3) is 10.8 Å². The van der Waals surface area contributed by atoms with Crippen LogP contribution in [0.2, 0.25) is 0 Å². The van der Waals surface area contributed by atoms with Gasteiger partial charge in [-0.1, -0.05) is 79.7 Å². The first kappa shape index (κ1) is 26.4. The number of nitrogens with two attached hydrogens (primary N) is 2. The number of fused-ring (bicyclic) bond motifs is 1. The predicted octanol–water partition coefficient (Wildman–Crippen LogP) is 2.19. The van der Waals surface area contributed by atoms with E-state index in [1.54, 1.807) is 6.92 Å². The van der Waals surface area contributed by atoms with Crippen molar-refractivity contribution in [1.82, 2.24) is 10.6 Å². The van der Waals surface area contributed by atoms with Crippen molar-refractivity contribution in [1.29, 1.82) is 0 Å². The Morgan fingerprint density at radius 1 is 0.861 bits per heavy atom. The summed E-state index contributed by atoms with van der Waals surface area (Å²) in [5.41, 5.74) is 12.9. The molecule has 3 rings (SSSR count). The number of carbonyl (C=O) groups is 4. The van der Waals surface area contributed by atoms with Crippen LogP contribution in [0.3, 0.4) is 0 Å². The normalized spacial score (nSPS) is 13.4. The van der Waals surface area contributed by atoms with Crippen LogP contribution >= 0.6 is 0 Å². The van der Waals surface area contributed by atoms with Crippen molar-refractivity contribution in [2.75, 3.05) is 0 Å². The van der Waals surface area contributed by atoms with Crippen molar-refractivity contribution < 1.29 is 19.2 Å². The summed E-state index contributed by atoms with van der Waals surface area (Å²) in [5.74, 6) is -4.31. The molecule has 2 unspecified atom stereocenters. The van der Waals surface area contributed by atoms with E-state index in [-0.39, 0.29) is 25.3 Å². The number of rotatable bonds is 12. The van der Waals surface area contributed by atoms with Crippen LogP contribution < -0.4 is 22.1 Å². The molecule has 3 aromatic carbocycles. The molecule has 0 aliphatic rings. The molecule has 6 N–H and O–H groups in total. The Labute approximate surface area is 210 Å². The minimum atomic E-state index is -1.12. The first-order chi connectivity index (χ1) is 17.3. The lowest BCUT2D eigenvalue weighted by molar-refractivity contribution is -0.135. The molecule has 0 spiro atoms. The second-order valence-corrected chi connectivity index (χ2v) is 8.90. The van der Waals surface area contributed by atoms with Gasteiger partial charge in [0, 0.05) is 31.3 Å². The number of amides is 4. The molecule has 0 heterocycles. The van der Waals surface area contributed by atoms with Crippen molar-refractivity contribution in [3.63, 3.8) is 0 Å². The molecule has 4 amide bonds. The number of benzene rings is 3. The van der Waals surface area contributed by atoms with Gasteiger partial charge in [-0.3, -0.25) is 19.2 Å². The van der Waals surface area contributed by atoms with Gasteiger partial charge in [0.25, 0.3) is 0 Å². The third-order valence-corrected chi connectivity index (χ3v) is 6.30. The first-order valence-corrected chi connectivity index (χ1v) is 11.9. The van der Waals surface area contributed by atoms with E-state index in [9.17, 15) is 19.2 Å². The van der Waals surface area contributed by atoms with Crippen molar-refractivity contribution in [2.24, 2.45) is 23.3 Å². The molecule has 0 aliphatic heterocycles. The number of nitrogens with one attached hydrogen (secondary N) is 2. The molecule has 0 bridgehead atoms. The minimum Gasteiger partial charge on any atom is -0.370 e. The average Bonchev–Trinajstić information content (AvgIpc) is 2.86. The van der Waals surface area contributed by atoms with Gasteiger partial charge in [0.1, 0.15) is 0 Å². The van der Waals surface area contributed by atoms with Crippen LogP contribution in [-0.4, -0.2) is 29.7 Å². The summed E-state index contributed by atoms with van der Waals surface area (Å²) in [4.78, 5) is 49.8. The molecular weight excluding hydrogens is 456 g/mol. The Kier molecular flexibility index (Phi) is 9.16. The third kappa shape index (κ3) is 7.15. The Balaban J connectivity index is 1.69. The molecule has 3 aromatic rings. The third-order valence-electron chi connectivity index (χ3n) is 6.30. The second kappa shape index (κ2) is 12.5. The number of hydrogen-bond acceptors (Lipinski definition) is 4. The topological polar surface area (TPSA) is 144 Å². The highest BCUT2D eigenvalue weighted by molar-refractivity contribution is 5.90. The summed E-state index contributed by atoms with van der Waals surface area (Å²) in [6.45, 7) is 1.80. The van der Waals surface area contributed by atoms with Crippen LogP contribution in [0.15, 0.2) is 72.8 Å². The first-order valence-electron chi connectivity index (χ1n) is 11.9. The molecule has 0 radical (unpaired) electrons. The maximum atomic E-state index is 13.0. The SMILES string of the molecule is C[C@H](C(=O)NCc1cccc2ccccc12)C(C(N)=O)C(CC(N)=O)NC(=O)CCc1ccccc1. The highest BCUT2D eigenvalue weighted by Gasteiger charge is 2.37. The Hall–Kier alpha value is -4.20. The van der Waals surface area contributed by atoms with Crippen LogP contribution in [0.1, 0.15) is 30.9 Å². The largest absolute Gasteiger partial charge is 0.370 e. The van der Waals surface area contributed by atoms with Crippen LogP contribution in [0.5, 0.6) is 0 Å². The van der Waals surface area contributed by atoms with E-state index in [4.69, 9.17) is 11.5 Å². The summed E-state index contributed by atoms with van der Waals surface area (Å²) >= 11 is 0. The molecule has 0 aromatic heterocycles. The van der Waals surface area contributed by atoms with E-state index in [0.29, 0.717) is 6.42 Å². The molecule has 3 atom stereocenters. The lowest BCUT2D eigenvalue weighted by atomic mass is 9.83. The molecule has 8 heteroatoms. The zero-order chi connectivity index (χ0) is 26.1. The zero-order valence-corrected chi connectivity index (χ0v) is 20.3. The van der Waals surface area contributed by atoms with Gasteiger partial charge in [-0.2, -0.15) is 0 Å². The summed E-state index contributed by atoms with van der Waals surface area (Å²) in [6.07, 6.45) is 0.316. The highest BCUT2D eigenvalue weighted by Crippen LogP contribution is 2.21. The van der Waals surface area contributed by atoms with Gasteiger partial charge in [-0.15, -0.1) is 0 Å². The molecule has 0 fully saturated rings. The lowest BCUT2D eigenvalue weighted by Crippen LogP contribution is -2.52. The van der Waals surface area contributed by atoms with E-state index < -0.39 is 35.6 Å². The molecule has 0 saturated carbocycles. The van der Waals surface area contributed by atoms with Gasteiger partial charge >= 0.3 is 0 Å². The van der Waals surface area contributed by atoms with Crippen LogP contribution in [0.4, 0.5) is 0 Å². The van der Waals surface area contributed by atoms with Crippen molar-refractivity contribution >= 4 is 34.4 Å². The fourth-order valence-electron chi connectivity index (χ4n) is 4.41. The zero-order valence-electron chi connectivity index (χ0n) is 20.3. The number of hydrogen-bond donors (Lipinski definition) is 4. The van der Waals surface area contributed by atoms with Gasteiger partial charge in [0.05, 0.1) is 5.92 Å². The Bertz CT molecular complexity index is 1220. The quantitative estimate of drug-likeness (QED) is 0.310. The van der Waals surface area contributed by atoms with E-state index in [0.717, 1.165) is 21.9 Å². The summed E-state index contributed by atoms with van der Waals surface area (Å²) in [5, 5.41) is 7.63. The van der Waals surface area contributed by atoms with Gasteiger partial charge in [-0.05, 0) is 28.3 Å².